The standard InChI is InChI=1S/C16H19N3OS/c1-19(11-13-4-3-7-18-9-13)10-12-5-6-15(20-2)14(8-12)16(17)21/h3-9H,10-11H2,1-2H3,(H2,17,21). The molecule has 0 saturated carbocycles. The van der Waals surface area contributed by atoms with E-state index in [1.165, 1.54) is 5.56 Å². The van der Waals surface area contributed by atoms with E-state index in [0.29, 0.717) is 10.7 Å². The lowest BCUT2D eigenvalue weighted by Crippen LogP contribution is -2.18. The summed E-state index contributed by atoms with van der Waals surface area (Å²) in [5.41, 5.74) is 8.85. The van der Waals surface area contributed by atoms with Crippen molar-refractivity contribution in [2.75, 3.05) is 14.2 Å². The topological polar surface area (TPSA) is 51.4 Å². The van der Waals surface area contributed by atoms with E-state index in [0.717, 1.165) is 24.2 Å². The van der Waals surface area contributed by atoms with Crippen molar-refractivity contribution in [2.24, 2.45) is 5.73 Å². The first kappa shape index (κ1) is 15.4. The summed E-state index contributed by atoms with van der Waals surface area (Å²) in [6.07, 6.45) is 3.66. The van der Waals surface area contributed by atoms with Gasteiger partial charge >= 0.3 is 0 Å². The number of methoxy groups -OCH3 is 1. The summed E-state index contributed by atoms with van der Waals surface area (Å²) in [4.78, 5) is 6.69. The van der Waals surface area contributed by atoms with Crippen molar-refractivity contribution in [1.29, 1.82) is 0 Å². The smallest absolute Gasteiger partial charge is 0.129 e. The molecule has 1 aromatic carbocycles. The van der Waals surface area contributed by atoms with Crippen molar-refractivity contribution in [2.45, 2.75) is 13.1 Å². The maximum atomic E-state index is 5.74. The minimum absolute atomic E-state index is 0.351. The fraction of sp³-hybridized carbons (Fsp3) is 0.250. The van der Waals surface area contributed by atoms with Gasteiger partial charge in [-0.15, -0.1) is 0 Å². The van der Waals surface area contributed by atoms with Gasteiger partial charge in [0.1, 0.15) is 10.7 Å². The van der Waals surface area contributed by atoms with E-state index in [2.05, 4.69) is 23.0 Å². The third-order valence-electron chi connectivity index (χ3n) is 3.16. The van der Waals surface area contributed by atoms with Crippen LogP contribution < -0.4 is 10.5 Å². The van der Waals surface area contributed by atoms with Crippen LogP contribution in [0.4, 0.5) is 0 Å². The number of benzene rings is 1. The Morgan fingerprint density at radius 2 is 2.05 bits per heavy atom. The Bertz CT molecular complexity index is 616. The summed E-state index contributed by atoms with van der Waals surface area (Å²) in [5.74, 6) is 0.709. The number of nitrogens with zero attached hydrogens (tertiary/aromatic N) is 2. The molecule has 0 spiro atoms. The Labute approximate surface area is 130 Å². The third kappa shape index (κ3) is 4.24. The molecule has 2 aromatic rings. The second-order valence-electron chi connectivity index (χ2n) is 4.93. The van der Waals surface area contributed by atoms with Gasteiger partial charge in [-0.25, -0.2) is 0 Å². The Kier molecular flexibility index (Phi) is 5.25. The van der Waals surface area contributed by atoms with Gasteiger partial charge in [0.25, 0.3) is 0 Å². The monoisotopic (exact) mass is 301 g/mol. The molecule has 0 amide bonds. The zero-order chi connectivity index (χ0) is 15.2. The summed E-state index contributed by atoms with van der Waals surface area (Å²) in [7, 11) is 3.68. The van der Waals surface area contributed by atoms with E-state index >= 15 is 0 Å². The molecule has 0 fully saturated rings. The van der Waals surface area contributed by atoms with Crippen molar-refractivity contribution in [1.82, 2.24) is 9.88 Å². The highest BCUT2D eigenvalue weighted by Crippen LogP contribution is 2.20. The Morgan fingerprint density at radius 3 is 2.67 bits per heavy atom. The second kappa shape index (κ2) is 7.15. The molecule has 0 aliphatic carbocycles. The van der Waals surface area contributed by atoms with Gasteiger partial charge in [0.2, 0.25) is 0 Å². The highest BCUT2D eigenvalue weighted by atomic mass is 32.1. The van der Waals surface area contributed by atoms with E-state index in [4.69, 9.17) is 22.7 Å². The first-order valence-electron chi connectivity index (χ1n) is 6.64. The minimum atomic E-state index is 0.351. The highest BCUT2D eigenvalue weighted by Gasteiger charge is 2.09. The predicted octanol–water partition coefficient (Wildman–Crippen LogP) is 2.36. The summed E-state index contributed by atoms with van der Waals surface area (Å²) < 4.78 is 5.27. The van der Waals surface area contributed by atoms with Crippen LogP contribution in [0.2, 0.25) is 0 Å². The maximum Gasteiger partial charge on any atom is 0.129 e. The molecule has 1 aromatic heterocycles. The van der Waals surface area contributed by atoms with Gasteiger partial charge in [0.05, 0.1) is 12.7 Å². The molecule has 2 N–H and O–H groups in total. The number of hydrogen-bond donors (Lipinski definition) is 1. The zero-order valence-electron chi connectivity index (χ0n) is 12.2. The van der Waals surface area contributed by atoms with Crippen molar-refractivity contribution in [3.63, 3.8) is 0 Å². The Hall–Kier alpha value is -1.98. The molecule has 0 atom stereocenters. The van der Waals surface area contributed by atoms with E-state index in [9.17, 15) is 0 Å². The molecule has 110 valence electrons. The Morgan fingerprint density at radius 1 is 1.29 bits per heavy atom. The highest BCUT2D eigenvalue weighted by molar-refractivity contribution is 7.80. The number of rotatable bonds is 6. The molecule has 4 nitrogen and oxygen atoms in total. The van der Waals surface area contributed by atoms with Crippen LogP contribution in [-0.4, -0.2) is 29.0 Å². The summed E-state index contributed by atoms with van der Waals surface area (Å²) in [5, 5.41) is 0. The SMILES string of the molecule is COc1ccc(CN(C)Cc2cccnc2)cc1C(N)=S. The van der Waals surface area contributed by atoms with Crippen molar-refractivity contribution >= 4 is 17.2 Å². The molecule has 5 heteroatoms. The van der Waals surface area contributed by atoms with E-state index in [1.807, 2.05) is 30.5 Å². The van der Waals surface area contributed by atoms with Gasteiger partial charge in [-0.2, -0.15) is 0 Å². The van der Waals surface area contributed by atoms with Gasteiger partial charge in [0.15, 0.2) is 0 Å². The fourth-order valence-electron chi connectivity index (χ4n) is 2.22. The van der Waals surface area contributed by atoms with Crippen LogP contribution >= 0.6 is 12.2 Å². The molecule has 1 heterocycles. The van der Waals surface area contributed by atoms with Crippen LogP contribution in [0.3, 0.4) is 0 Å². The van der Waals surface area contributed by atoms with Crippen molar-refractivity contribution in [3.8, 4) is 5.75 Å². The lowest BCUT2D eigenvalue weighted by Gasteiger charge is -2.18. The first-order valence-corrected chi connectivity index (χ1v) is 7.05. The molecule has 2 rings (SSSR count). The first-order chi connectivity index (χ1) is 10.1. The van der Waals surface area contributed by atoms with Gasteiger partial charge in [-0.05, 0) is 36.4 Å². The van der Waals surface area contributed by atoms with Crippen molar-refractivity contribution in [3.05, 3.63) is 59.4 Å². The van der Waals surface area contributed by atoms with Crippen LogP contribution in [0.25, 0.3) is 0 Å². The number of hydrogen-bond acceptors (Lipinski definition) is 4. The summed E-state index contributed by atoms with van der Waals surface area (Å²) >= 11 is 5.07. The lowest BCUT2D eigenvalue weighted by atomic mass is 10.1. The molecule has 0 aliphatic rings. The van der Waals surface area contributed by atoms with Crippen molar-refractivity contribution < 1.29 is 4.74 Å². The van der Waals surface area contributed by atoms with E-state index in [1.54, 1.807) is 13.3 Å². The van der Waals surface area contributed by atoms with Crippen LogP contribution in [0.5, 0.6) is 5.75 Å². The molecular formula is C16H19N3OS. The molecule has 21 heavy (non-hydrogen) atoms. The van der Waals surface area contributed by atoms with E-state index < -0.39 is 0 Å². The summed E-state index contributed by atoms with van der Waals surface area (Å²) in [6.45, 7) is 1.64. The lowest BCUT2D eigenvalue weighted by molar-refractivity contribution is 0.318. The molecule has 0 saturated heterocycles. The zero-order valence-corrected chi connectivity index (χ0v) is 13.1. The van der Waals surface area contributed by atoms with E-state index in [-0.39, 0.29) is 0 Å². The average Bonchev–Trinajstić information content (AvgIpc) is 2.48. The minimum Gasteiger partial charge on any atom is -0.496 e. The number of nitrogens with two attached hydrogens (primary N) is 1. The van der Waals surface area contributed by atoms with Gasteiger partial charge in [0, 0.05) is 25.5 Å². The third-order valence-corrected chi connectivity index (χ3v) is 3.38. The van der Waals surface area contributed by atoms with Crippen LogP contribution in [0, 0.1) is 0 Å². The maximum absolute atomic E-state index is 5.74. The largest absolute Gasteiger partial charge is 0.496 e. The molecule has 0 bridgehead atoms. The van der Waals surface area contributed by atoms with Gasteiger partial charge in [-0.1, -0.05) is 24.4 Å². The molecule has 0 radical (unpaired) electrons. The molecule has 0 aliphatic heterocycles. The molecule has 0 unspecified atom stereocenters. The fourth-order valence-corrected chi connectivity index (χ4v) is 2.38. The van der Waals surface area contributed by atoms with Gasteiger partial charge in [-0.3, -0.25) is 9.88 Å². The van der Waals surface area contributed by atoms with Crippen LogP contribution in [0.1, 0.15) is 16.7 Å². The normalized spacial score (nSPS) is 10.6. The number of pyridine rings is 1. The predicted molar refractivity (Wildman–Crippen MR) is 88.3 cm³/mol. The number of ether oxygens (including phenoxy) is 1. The average molecular weight is 301 g/mol. The molecular weight excluding hydrogens is 282 g/mol. The number of aromatic nitrogens is 1. The van der Waals surface area contributed by atoms with Crippen LogP contribution in [-0.2, 0) is 13.1 Å². The van der Waals surface area contributed by atoms with Gasteiger partial charge < -0.3 is 10.5 Å². The quantitative estimate of drug-likeness (QED) is 0.830. The van der Waals surface area contributed by atoms with Crippen LogP contribution in [0.15, 0.2) is 42.7 Å². The second-order valence-corrected chi connectivity index (χ2v) is 5.37. The summed E-state index contributed by atoms with van der Waals surface area (Å²) in [6, 6.07) is 9.93. The Balaban J connectivity index is 2.09. The number of thiocarbonyl (C=S) groups is 1.